The maximum Gasteiger partial charge on any atom is 0.302 e. The van der Waals surface area contributed by atoms with Gasteiger partial charge in [0.25, 0.3) is 0 Å². The largest absolute Gasteiger partial charge is 0.465 e. The van der Waals surface area contributed by atoms with E-state index in [0.29, 0.717) is 6.61 Å². The van der Waals surface area contributed by atoms with Crippen molar-refractivity contribution in [2.45, 2.75) is 19.8 Å². The molecule has 0 rings (SSSR count). The molecule has 0 aliphatic heterocycles. The van der Waals surface area contributed by atoms with Crippen LogP contribution < -0.4 is 0 Å². The van der Waals surface area contributed by atoms with Gasteiger partial charge in [0.05, 0.1) is 6.61 Å². The lowest BCUT2D eigenvalue weighted by molar-refractivity contribution is -0.142. The van der Waals surface area contributed by atoms with E-state index in [1.54, 1.807) is 6.08 Å². The van der Waals surface area contributed by atoms with E-state index in [1.165, 1.54) is 6.92 Å². The van der Waals surface area contributed by atoms with Gasteiger partial charge in [-0.2, -0.15) is 0 Å². The molecule has 1 unspecified atom stereocenters. The summed E-state index contributed by atoms with van der Waals surface area (Å²) in [5, 5.41) is 8.84. The van der Waals surface area contributed by atoms with Crippen LogP contribution in [0.2, 0.25) is 0 Å². The molecule has 1 N–H and O–H groups in total. The van der Waals surface area contributed by atoms with Crippen molar-refractivity contribution in [3.05, 3.63) is 12.7 Å². The van der Waals surface area contributed by atoms with Crippen molar-refractivity contribution in [1.82, 2.24) is 0 Å². The smallest absolute Gasteiger partial charge is 0.302 e. The molecule has 3 nitrogen and oxygen atoms in total. The lowest BCUT2D eigenvalue weighted by Crippen LogP contribution is -2.15. The molecule has 0 amide bonds. The second-order valence-corrected chi connectivity index (χ2v) is 2.72. The van der Waals surface area contributed by atoms with E-state index in [9.17, 15) is 4.79 Å². The highest BCUT2D eigenvalue weighted by molar-refractivity contribution is 5.65. The van der Waals surface area contributed by atoms with Gasteiger partial charge in [-0.3, -0.25) is 4.79 Å². The van der Waals surface area contributed by atoms with E-state index in [2.05, 4.69) is 6.58 Å². The Morgan fingerprint density at radius 2 is 2.42 bits per heavy atom. The van der Waals surface area contributed by atoms with Gasteiger partial charge in [-0.1, -0.05) is 6.08 Å². The summed E-state index contributed by atoms with van der Waals surface area (Å²) >= 11 is 0. The quantitative estimate of drug-likeness (QED) is 0.482. The Morgan fingerprint density at radius 3 is 2.83 bits per heavy atom. The standard InChI is InChI=1S/C9H16O3/c1-3-4-5-9(6-10)7-12-8(2)11/h3,9-10H,1,4-7H2,2H3. The molecule has 0 fully saturated rings. The number of rotatable bonds is 6. The van der Waals surface area contributed by atoms with Crippen molar-refractivity contribution in [3.63, 3.8) is 0 Å². The van der Waals surface area contributed by atoms with Gasteiger partial charge in [0.15, 0.2) is 0 Å². The van der Waals surface area contributed by atoms with Crippen molar-refractivity contribution < 1.29 is 14.6 Å². The SMILES string of the molecule is C=CCCC(CO)COC(C)=O. The van der Waals surface area contributed by atoms with E-state index < -0.39 is 0 Å². The number of esters is 1. The molecule has 3 heteroatoms. The van der Waals surface area contributed by atoms with Crippen LogP contribution in [-0.2, 0) is 9.53 Å². The number of hydrogen-bond donors (Lipinski definition) is 1. The van der Waals surface area contributed by atoms with Gasteiger partial charge in [0.2, 0.25) is 0 Å². The zero-order valence-electron chi connectivity index (χ0n) is 7.45. The third-order valence-corrected chi connectivity index (χ3v) is 1.56. The first-order valence-electron chi connectivity index (χ1n) is 4.05. The van der Waals surface area contributed by atoms with Crippen LogP contribution in [0.1, 0.15) is 19.8 Å². The van der Waals surface area contributed by atoms with Gasteiger partial charge >= 0.3 is 5.97 Å². The zero-order chi connectivity index (χ0) is 9.40. The average Bonchev–Trinajstić information content (AvgIpc) is 2.05. The van der Waals surface area contributed by atoms with Crippen molar-refractivity contribution in [2.24, 2.45) is 5.92 Å². The van der Waals surface area contributed by atoms with Crippen LogP contribution >= 0.6 is 0 Å². The third kappa shape index (κ3) is 5.92. The lowest BCUT2D eigenvalue weighted by Gasteiger charge is -2.11. The maximum absolute atomic E-state index is 10.4. The third-order valence-electron chi connectivity index (χ3n) is 1.56. The van der Waals surface area contributed by atoms with Crippen LogP contribution in [0.15, 0.2) is 12.7 Å². The summed E-state index contributed by atoms with van der Waals surface area (Å²) in [5.74, 6) is -0.251. The molecule has 0 aromatic carbocycles. The second kappa shape index (κ2) is 6.85. The van der Waals surface area contributed by atoms with Crippen molar-refractivity contribution in [1.29, 1.82) is 0 Å². The van der Waals surface area contributed by atoms with Gasteiger partial charge in [0, 0.05) is 19.4 Å². The first kappa shape index (κ1) is 11.2. The summed E-state index contributed by atoms with van der Waals surface area (Å²) in [6.45, 7) is 5.30. The normalized spacial score (nSPS) is 12.2. The first-order chi connectivity index (χ1) is 5.70. The van der Waals surface area contributed by atoms with E-state index in [0.717, 1.165) is 12.8 Å². The highest BCUT2D eigenvalue weighted by Gasteiger charge is 2.07. The first-order valence-corrected chi connectivity index (χ1v) is 4.05. The monoisotopic (exact) mass is 172 g/mol. The molecule has 12 heavy (non-hydrogen) atoms. The number of hydrogen-bond acceptors (Lipinski definition) is 3. The Kier molecular flexibility index (Phi) is 6.38. The topological polar surface area (TPSA) is 46.5 Å². The fourth-order valence-corrected chi connectivity index (χ4v) is 0.816. The highest BCUT2D eigenvalue weighted by atomic mass is 16.5. The minimum Gasteiger partial charge on any atom is -0.465 e. The molecule has 0 saturated carbocycles. The Hall–Kier alpha value is -0.830. The Morgan fingerprint density at radius 1 is 1.75 bits per heavy atom. The summed E-state index contributed by atoms with van der Waals surface area (Å²) in [6.07, 6.45) is 3.44. The molecule has 1 atom stereocenters. The number of aliphatic hydroxyl groups is 1. The second-order valence-electron chi connectivity index (χ2n) is 2.72. The molecule has 0 saturated heterocycles. The molecule has 0 heterocycles. The lowest BCUT2D eigenvalue weighted by atomic mass is 10.1. The number of ether oxygens (including phenoxy) is 1. The summed E-state index contributed by atoms with van der Waals surface area (Å²) in [7, 11) is 0. The molecule has 0 aromatic rings. The minimum absolute atomic E-state index is 0.0481. The Balaban J connectivity index is 3.52. The molecule has 0 aliphatic carbocycles. The molecule has 0 radical (unpaired) electrons. The van der Waals surface area contributed by atoms with Crippen LogP contribution in [0.25, 0.3) is 0 Å². The van der Waals surface area contributed by atoms with E-state index in [4.69, 9.17) is 9.84 Å². The molecule has 0 bridgehead atoms. The van der Waals surface area contributed by atoms with Crippen LogP contribution in [-0.4, -0.2) is 24.3 Å². The summed E-state index contributed by atoms with van der Waals surface area (Å²) in [4.78, 5) is 10.4. The summed E-state index contributed by atoms with van der Waals surface area (Å²) in [5.41, 5.74) is 0. The average molecular weight is 172 g/mol. The summed E-state index contributed by atoms with van der Waals surface area (Å²) in [6, 6.07) is 0. The van der Waals surface area contributed by atoms with Crippen LogP contribution in [0.4, 0.5) is 0 Å². The van der Waals surface area contributed by atoms with Crippen molar-refractivity contribution in [3.8, 4) is 0 Å². The molecule has 0 spiro atoms. The number of aliphatic hydroxyl groups excluding tert-OH is 1. The van der Waals surface area contributed by atoms with Crippen molar-refractivity contribution in [2.75, 3.05) is 13.2 Å². The van der Waals surface area contributed by atoms with Crippen LogP contribution in [0.5, 0.6) is 0 Å². The van der Waals surface area contributed by atoms with E-state index in [-0.39, 0.29) is 18.5 Å². The van der Waals surface area contributed by atoms with Gasteiger partial charge in [-0.25, -0.2) is 0 Å². The predicted octanol–water partition coefficient (Wildman–Crippen LogP) is 1.12. The molecule has 70 valence electrons. The minimum atomic E-state index is -0.299. The van der Waals surface area contributed by atoms with Gasteiger partial charge in [0.1, 0.15) is 0 Å². The molecular weight excluding hydrogens is 156 g/mol. The molecule has 0 aliphatic rings. The van der Waals surface area contributed by atoms with Gasteiger partial charge < -0.3 is 9.84 Å². The molecular formula is C9H16O3. The van der Waals surface area contributed by atoms with E-state index in [1.807, 2.05) is 0 Å². The number of carbonyl (C=O) groups is 1. The van der Waals surface area contributed by atoms with Gasteiger partial charge in [-0.05, 0) is 12.8 Å². The maximum atomic E-state index is 10.4. The van der Waals surface area contributed by atoms with Crippen molar-refractivity contribution >= 4 is 5.97 Å². The van der Waals surface area contributed by atoms with Crippen LogP contribution in [0, 0.1) is 5.92 Å². The number of carbonyl (C=O) groups excluding carboxylic acids is 1. The van der Waals surface area contributed by atoms with Crippen LogP contribution in [0.3, 0.4) is 0 Å². The van der Waals surface area contributed by atoms with E-state index >= 15 is 0 Å². The fraction of sp³-hybridized carbons (Fsp3) is 0.667. The van der Waals surface area contributed by atoms with Gasteiger partial charge in [-0.15, -0.1) is 6.58 Å². The predicted molar refractivity (Wildman–Crippen MR) is 46.6 cm³/mol. The Bertz CT molecular complexity index is 143. The molecule has 0 aromatic heterocycles. The Labute approximate surface area is 73.0 Å². The fourth-order valence-electron chi connectivity index (χ4n) is 0.816. The highest BCUT2D eigenvalue weighted by Crippen LogP contribution is 2.06. The summed E-state index contributed by atoms with van der Waals surface area (Å²) < 4.78 is 4.76. The zero-order valence-corrected chi connectivity index (χ0v) is 7.45. The number of allylic oxidation sites excluding steroid dienone is 1.